The highest BCUT2D eigenvalue weighted by Crippen LogP contribution is 2.43. The van der Waals surface area contributed by atoms with Crippen molar-refractivity contribution in [2.45, 2.75) is 116 Å². The van der Waals surface area contributed by atoms with Gasteiger partial charge in [0, 0.05) is 12.8 Å². The maximum atomic E-state index is 11.9. The van der Waals surface area contributed by atoms with Gasteiger partial charge in [-0.2, -0.15) is 0 Å². The lowest BCUT2D eigenvalue weighted by Gasteiger charge is -2.18. The number of carbonyl (C=O) groups excluding carboxylic acids is 2. The smallest absolute Gasteiger partial charge is 0.472 e. The van der Waals surface area contributed by atoms with Gasteiger partial charge in [0.05, 0.1) is 13.2 Å². The molecular weight excluding hydrogens is 493 g/mol. The molecule has 0 aliphatic rings. The van der Waals surface area contributed by atoms with Crippen molar-refractivity contribution in [3.05, 3.63) is 0 Å². The summed E-state index contributed by atoms with van der Waals surface area (Å²) in [6.45, 7) is 2.06. The van der Waals surface area contributed by atoms with Gasteiger partial charge in [0.15, 0.2) is 6.04 Å². The molecule has 12 heteroatoms. The maximum absolute atomic E-state index is 11.9. The Hall–Kier alpha value is -1.52. The Morgan fingerprint density at radius 1 is 0.778 bits per heavy atom. The fourth-order valence-electron chi connectivity index (χ4n) is 3.30. The number of phosphoric ester groups is 1. The molecule has 0 aromatic heterocycles. The van der Waals surface area contributed by atoms with Gasteiger partial charge < -0.3 is 25.2 Å². The summed E-state index contributed by atoms with van der Waals surface area (Å²) in [6.07, 6.45) is 12.3. The summed E-state index contributed by atoms with van der Waals surface area (Å²) < 4.78 is 26.1. The zero-order chi connectivity index (χ0) is 27.2. The number of rotatable bonds is 24. The predicted molar refractivity (Wildman–Crippen MR) is 134 cm³/mol. The fourth-order valence-corrected chi connectivity index (χ4v) is 4.07. The third-order valence-electron chi connectivity index (χ3n) is 5.37. The molecule has 0 aliphatic heterocycles. The molecule has 0 bridgehead atoms. The first kappa shape index (κ1) is 34.5. The minimum atomic E-state index is -4.70. The Balaban J connectivity index is 3.93. The van der Waals surface area contributed by atoms with Gasteiger partial charge in [0.25, 0.3) is 0 Å². The number of nitrogens with one attached hydrogen (secondary N) is 1. The molecule has 0 saturated heterocycles. The molecule has 0 aromatic carbocycles. The quantitative estimate of drug-likeness (QED) is 0.0796. The van der Waals surface area contributed by atoms with Gasteiger partial charge in [-0.15, -0.1) is 0 Å². The number of unbranched alkanes of at least 4 members (excludes halogenated alkanes) is 10. The number of aliphatic carboxylic acids is 1. The molecule has 1 amide bonds. The van der Waals surface area contributed by atoms with E-state index in [4.69, 9.17) is 9.84 Å². The number of amides is 1. The molecule has 212 valence electrons. The highest BCUT2D eigenvalue weighted by Gasteiger charge is 2.28. The van der Waals surface area contributed by atoms with E-state index in [1.54, 1.807) is 6.92 Å². The number of hydrogen-bond donors (Lipinski definition) is 4. The second kappa shape index (κ2) is 21.6. The molecule has 3 unspecified atom stereocenters. The molecule has 0 fully saturated rings. The van der Waals surface area contributed by atoms with Crippen molar-refractivity contribution < 1.29 is 47.8 Å². The molecule has 0 saturated carbocycles. The first-order chi connectivity index (χ1) is 17.1. The highest BCUT2D eigenvalue weighted by molar-refractivity contribution is 7.47. The van der Waals surface area contributed by atoms with E-state index < -0.39 is 57.6 Å². The van der Waals surface area contributed by atoms with Crippen molar-refractivity contribution >= 4 is 25.7 Å². The van der Waals surface area contributed by atoms with E-state index in [2.05, 4.69) is 21.3 Å². The van der Waals surface area contributed by atoms with E-state index in [0.29, 0.717) is 12.8 Å². The number of aliphatic hydroxyl groups is 1. The summed E-state index contributed by atoms with van der Waals surface area (Å²) in [7, 11) is -4.70. The summed E-state index contributed by atoms with van der Waals surface area (Å²) in [5.74, 6) is -2.45. The Morgan fingerprint density at radius 3 is 1.83 bits per heavy atom. The summed E-state index contributed by atoms with van der Waals surface area (Å²) in [5, 5.41) is 21.1. The van der Waals surface area contributed by atoms with Crippen molar-refractivity contribution in [3.63, 3.8) is 0 Å². The minimum absolute atomic E-state index is 0.0984. The third kappa shape index (κ3) is 20.7. The molecule has 11 nitrogen and oxygen atoms in total. The average Bonchev–Trinajstić information content (AvgIpc) is 2.82. The standard InChI is InChI=1S/C24H46NO10P/c1-3-5-6-7-8-9-10-11-12-13-14-16-23(28)33-17-20(26)18-34-36(31,32)35-19-21(24(29)30)25-22(27)15-4-2/h20-21,26H,3-19H2,1-2H3,(H,25,27)(H,29,30)(H,31,32). The van der Waals surface area contributed by atoms with E-state index in [0.717, 1.165) is 19.3 Å². The van der Waals surface area contributed by atoms with Crippen molar-refractivity contribution in [3.8, 4) is 0 Å². The highest BCUT2D eigenvalue weighted by atomic mass is 31.2. The van der Waals surface area contributed by atoms with Crippen LogP contribution in [0, 0.1) is 0 Å². The van der Waals surface area contributed by atoms with Gasteiger partial charge in [0.1, 0.15) is 12.7 Å². The second-order valence-corrected chi connectivity index (χ2v) is 10.3. The van der Waals surface area contributed by atoms with Crippen LogP contribution in [0.2, 0.25) is 0 Å². The van der Waals surface area contributed by atoms with Gasteiger partial charge >= 0.3 is 19.8 Å². The summed E-state index contributed by atoms with van der Waals surface area (Å²) in [5.41, 5.74) is 0. The van der Waals surface area contributed by atoms with Crippen molar-refractivity contribution in [1.29, 1.82) is 0 Å². The van der Waals surface area contributed by atoms with Crippen LogP contribution in [0.15, 0.2) is 0 Å². The molecule has 36 heavy (non-hydrogen) atoms. The summed E-state index contributed by atoms with van der Waals surface area (Å²) in [4.78, 5) is 44.2. The molecule has 0 aromatic rings. The van der Waals surface area contributed by atoms with Crippen LogP contribution < -0.4 is 5.32 Å². The first-order valence-electron chi connectivity index (χ1n) is 13.1. The molecule has 4 N–H and O–H groups in total. The number of hydrogen-bond acceptors (Lipinski definition) is 8. The Bertz CT molecular complexity index is 661. The number of phosphoric acid groups is 1. The molecule has 0 heterocycles. The van der Waals surface area contributed by atoms with Gasteiger partial charge in [-0.3, -0.25) is 18.6 Å². The molecule has 0 aliphatic carbocycles. The molecule has 0 rings (SSSR count). The van der Waals surface area contributed by atoms with Crippen LogP contribution in [0.5, 0.6) is 0 Å². The fraction of sp³-hybridized carbons (Fsp3) is 0.875. The number of carboxylic acids is 1. The summed E-state index contributed by atoms with van der Waals surface area (Å²) in [6, 6.07) is -1.53. The monoisotopic (exact) mass is 539 g/mol. The number of carboxylic acid groups (broad SMARTS) is 1. The number of carbonyl (C=O) groups is 3. The van der Waals surface area contributed by atoms with Crippen molar-refractivity contribution in [2.24, 2.45) is 0 Å². The van der Waals surface area contributed by atoms with Crippen LogP contribution in [0.1, 0.15) is 104 Å². The van der Waals surface area contributed by atoms with E-state index >= 15 is 0 Å². The predicted octanol–water partition coefficient (Wildman–Crippen LogP) is 4.09. The molecule has 0 radical (unpaired) electrons. The van der Waals surface area contributed by atoms with Crippen LogP contribution >= 0.6 is 7.82 Å². The lowest BCUT2D eigenvalue weighted by atomic mass is 10.1. The van der Waals surface area contributed by atoms with Gasteiger partial charge in [-0.25, -0.2) is 9.36 Å². The Kier molecular flexibility index (Phi) is 20.6. The van der Waals surface area contributed by atoms with Crippen molar-refractivity contribution in [2.75, 3.05) is 19.8 Å². The zero-order valence-corrected chi connectivity index (χ0v) is 22.7. The van der Waals surface area contributed by atoms with E-state index in [-0.39, 0.29) is 12.8 Å². The van der Waals surface area contributed by atoms with E-state index in [1.807, 2.05) is 0 Å². The summed E-state index contributed by atoms with van der Waals surface area (Å²) >= 11 is 0. The van der Waals surface area contributed by atoms with Crippen LogP contribution in [-0.2, 0) is 32.7 Å². The number of aliphatic hydroxyl groups excluding tert-OH is 1. The minimum Gasteiger partial charge on any atom is -0.480 e. The van der Waals surface area contributed by atoms with Crippen LogP contribution in [0.4, 0.5) is 0 Å². The largest absolute Gasteiger partial charge is 0.480 e. The topological polar surface area (TPSA) is 169 Å². The lowest BCUT2D eigenvalue weighted by molar-refractivity contribution is -0.147. The number of ether oxygens (including phenoxy) is 1. The van der Waals surface area contributed by atoms with Crippen LogP contribution in [0.25, 0.3) is 0 Å². The van der Waals surface area contributed by atoms with E-state index in [1.165, 1.54) is 44.9 Å². The van der Waals surface area contributed by atoms with Crippen LogP contribution in [-0.4, -0.2) is 64.9 Å². The number of esters is 1. The first-order valence-corrected chi connectivity index (χ1v) is 14.6. The molecule has 3 atom stereocenters. The third-order valence-corrected chi connectivity index (χ3v) is 6.32. The van der Waals surface area contributed by atoms with Gasteiger partial charge in [-0.1, -0.05) is 78.1 Å². The normalized spacial score (nSPS) is 14.6. The average molecular weight is 540 g/mol. The van der Waals surface area contributed by atoms with Crippen molar-refractivity contribution in [1.82, 2.24) is 5.32 Å². The molecular formula is C24H46NO10P. The van der Waals surface area contributed by atoms with Gasteiger partial charge in [0.2, 0.25) is 5.91 Å². The Morgan fingerprint density at radius 2 is 1.31 bits per heavy atom. The second-order valence-electron chi connectivity index (χ2n) is 8.89. The SMILES string of the molecule is CCCCCCCCCCCCCC(=O)OCC(O)COP(=O)(O)OCC(NC(=O)CCC)C(=O)O. The van der Waals surface area contributed by atoms with Crippen LogP contribution in [0.3, 0.4) is 0 Å². The zero-order valence-electron chi connectivity index (χ0n) is 21.8. The molecule has 0 spiro atoms. The van der Waals surface area contributed by atoms with Gasteiger partial charge in [-0.05, 0) is 12.8 Å². The van der Waals surface area contributed by atoms with E-state index in [9.17, 15) is 28.9 Å². The lowest BCUT2D eigenvalue weighted by Crippen LogP contribution is -2.43. The Labute approximate surface area is 214 Å². The maximum Gasteiger partial charge on any atom is 0.472 e.